The fourth-order valence-corrected chi connectivity index (χ4v) is 3.65. The zero-order valence-electron chi connectivity index (χ0n) is 12.2. The van der Waals surface area contributed by atoms with Crippen LogP contribution in [0.4, 0.5) is 5.82 Å². The van der Waals surface area contributed by atoms with Gasteiger partial charge in [-0.3, -0.25) is 9.48 Å². The molecule has 0 radical (unpaired) electrons. The highest BCUT2D eigenvalue weighted by Gasteiger charge is 2.27. The van der Waals surface area contributed by atoms with Crippen molar-refractivity contribution in [2.75, 3.05) is 18.8 Å². The van der Waals surface area contributed by atoms with Gasteiger partial charge < -0.3 is 10.6 Å². The van der Waals surface area contributed by atoms with Crippen LogP contribution in [-0.2, 0) is 0 Å². The van der Waals surface area contributed by atoms with Gasteiger partial charge in [0.2, 0.25) is 0 Å². The predicted octanol–water partition coefficient (Wildman–Crippen LogP) is 2.02. The van der Waals surface area contributed by atoms with E-state index < -0.39 is 0 Å². The van der Waals surface area contributed by atoms with E-state index in [-0.39, 0.29) is 5.91 Å². The molecule has 1 aliphatic heterocycles. The molecule has 2 aromatic heterocycles. The van der Waals surface area contributed by atoms with Gasteiger partial charge in [-0.25, -0.2) is 4.98 Å². The summed E-state index contributed by atoms with van der Waals surface area (Å²) in [5.41, 5.74) is 6.49. The molecular weight excluding hydrogens is 286 g/mol. The highest BCUT2D eigenvalue weighted by Crippen LogP contribution is 2.25. The van der Waals surface area contributed by atoms with Crippen molar-refractivity contribution >= 4 is 23.1 Å². The van der Waals surface area contributed by atoms with Crippen LogP contribution in [0.3, 0.4) is 0 Å². The summed E-state index contributed by atoms with van der Waals surface area (Å²) in [5.74, 6) is 0.654. The van der Waals surface area contributed by atoms with Gasteiger partial charge in [-0.15, -0.1) is 11.3 Å². The van der Waals surface area contributed by atoms with E-state index in [1.807, 2.05) is 29.6 Å². The first kappa shape index (κ1) is 14.1. The third kappa shape index (κ3) is 2.78. The molecule has 0 aliphatic carbocycles. The lowest BCUT2D eigenvalue weighted by molar-refractivity contribution is 0.0694. The summed E-state index contributed by atoms with van der Waals surface area (Å²) in [6.45, 7) is 5.33. The molecule has 0 saturated carbocycles. The van der Waals surface area contributed by atoms with Crippen LogP contribution < -0.4 is 5.73 Å². The van der Waals surface area contributed by atoms with Crippen LogP contribution in [0.5, 0.6) is 0 Å². The largest absolute Gasteiger partial charge is 0.382 e. The van der Waals surface area contributed by atoms with Crippen molar-refractivity contribution in [2.45, 2.75) is 32.7 Å². The van der Waals surface area contributed by atoms with Crippen molar-refractivity contribution in [3.05, 3.63) is 27.8 Å². The van der Waals surface area contributed by atoms with E-state index in [1.54, 1.807) is 6.07 Å². The Kier molecular flexibility index (Phi) is 3.67. The number of aryl methyl sites for hydroxylation is 2. The first-order valence-electron chi connectivity index (χ1n) is 7.08. The second kappa shape index (κ2) is 5.48. The van der Waals surface area contributed by atoms with Gasteiger partial charge in [0.25, 0.3) is 5.91 Å². The minimum atomic E-state index is 0.108. The summed E-state index contributed by atoms with van der Waals surface area (Å²) in [6, 6.07) is 2.14. The Morgan fingerprint density at radius 2 is 2.10 bits per heavy atom. The lowest BCUT2D eigenvalue weighted by atomic mass is 10.1. The Morgan fingerprint density at radius 3 is 2.62 bits per heavy atom. The number of nitrogens with two attached hydrogens (primary N) is 1. The number of thiazole rings is 1. The number of nitrogen functional groups attached to an aromatic ring is 1. The molecular formula is C14H19N5OS. The van der Waals surface area contributed by atoms with Crippen molar-refractivity contribution in [3.8, 4) is 0 Å². The number of carbonyl (C=O) groups excluding carboxylic acids is 1. The van der Waals surface area contributed by atoms with Gasteiger partial charge in [0.15, 0.2) is 0 Å². The summed E-state index contributed by atoms with van der Waals surface area (Å²) in [4.78, 5) is 19.6. The Morgan fingerprint density at radius 1 is 1.38 bits per heavy atom. The number of amides is 1. The number of hydrogen-bond acceptors (Lipinski definition) is 5. The number of piperidine rings is 1. The molecule has 1 saturated heterocycles. The summed E-state index contributed by atoms with van der Waals surface area (Å²) in [5, 5.41) is 5.21. The van der Waals surface area contributed by atoms with Crippen molar-refractivity contribution in [2.24, 2.45) is 0 Å². The van der Waals surface area contributed by atoms with Gasteiger partial charge in [0, 0.05) is 19.3 Å². The number of aromatic nitrogens is 3. The third-order valence-electron chi connectivity index (χ3n) is 3.85. The summed E-state index contributed by atoms with van der Waals surface area (Å²) < 4.78 is 1.92. The average Bonchev–Trinajstić information content (AvgIpc) is 3.04. The summed E-state index contributed by atoms with van der Waals surface area (Å²) in [6.07, 6.45) is 3.72. The zero-order chi connectivity index (χ0) is 15.0. The molecule has 6 nitrogen and oxygen atoms in total. The molecule has 0 atom stereocenters. The summed E-state index contributed by atoms with van der Waals surface area (Å²) >= 11 is 1.48. The number of anilines is 1. The quantitative estimate of drug-likeness (QED) is 0.921. The van der Waals surface area contributed by atoms with Crippen molar-refractivity contribution < 1.29 is 4.79 Å². The topological polar surface area (TPSA) is 77.0 Å². The van der Waals surface area contributed by atoms with Crippen LogP contribution >= 0.6 is 11.3 Å². The van der Waals surface area contributed by atoms with Gasteiger partial charge in [-0.1, -0.05) is 0 Å². The molecule has 1 aliphatic rings. The number of hydrogen-bond donors (Lipinski definition) is 1. The number of likely N-dealkylation sites (tertiary alicyclic amines) is 1. The van der Waals surface area contributed by atoms with Gasteiger partial charge in [-0.2, -0.15) is 5.10 Å². The van der Waals surface area contributed by atoms with Crippen molar-refractivity contribution in [1.82, 2.24) is 19.7 Å². The number of rotatable bonds is 2. The highest BCUT2D eigenvalue weighted by molar-refractivity contribution is 7.13. The lowest BCUT2D eigenvalue weighted by Gasteiger charge is -2.31. The lowest BCUT2D eigenvalue weighted by Crippen LogP contribution is -2.39. The predicted molar refractivity (Wildman–Crippen MR) is 82.4 cm³/mol. The van der Waals surface area contributed by atoms with E-state index >= 15 is 0 Å². The van der Waals surface area contributed by atoms with Crippen LogP contribution in [0.25, 0.3) is 0 Å². The van der Waals surface area contributed by atoms with Crippen LogP contribution in [0, 0.1) is 13.8 Å². The number of nitrogens with zero attached hydrogens (tertiary/aromatic N) is 4. The normalized spacial score (nSPS) is 16.4. The molecule has 0 bridgehead atoms. The fourth-order valence-electron chi connectivity index (χ4n) is 2.76. The zero-order valence-corrected chi connectivity index (χ0v) is 13.1. The smallest absolute Gasteiger partial charge is 0.265 e. The maximum absolute atomic E-state index is 12.5. The van der Waals surface area contributed by atoms with Gasteiger partial charge in [0.05, 0.1) is 16.7 Å². The SMILES string of the molecule is Cc1nc(C)c(C(=O)N2CCC(n3ccc(N)n3)CC2)s1. The van der Waals surface area contributed by atoms with Crippen LogP contribution in [-0.4, -0.2) is 38.7 Å². The molecule has 2 aromatic rings. The van der Waals surface area contributed by atoms with Crippen LogP contribution in [0.1, 0.15) is 39.3 Å². The maximum atomic E-state index is 12.5. The molecule has 2 N–H and O–H groups in total. The van der Waals surface area contributed by atoms with Gasteiger partial charge in [0.1, 0.15) is 10.7 Å². The van der Waals surface area contributed by atoms with E-state index in [4.69, 9.17) is 5.73 Å². The van der Waals surface area contributed by atoms with Crippen molar-refractivity contribution in [1.29, 1.82) is 0 Å². The molecule has 0 aromatic carbocycles. The Hall–Kier alpha value is -1.89. The average molecular weight is 305 g/mol. The minimum Gasteiger partial charge on any atom is -0.382 e. The monoisotopic (exact) mass is 305 g/mol. The molecule has 1 fully saturated rings. The third-order valence-corrected chi connectivity index (χ3v) is 4.91. The molecule has 3 rings (SSSR count). The molecule has 0 spiro atoms. The fraction of sp³-hybridized carbons (Fsp3) is 0.500. The maximum Gasteiger partial charge on any atom is 0.265 e. The Labute approximate surface area is 127 Å². The molecule has 3 heterocycles. The molecule has 112 valence electrons. The molecule has 7 heteroatoms. The molecule has 1 amide bonds. The van der Waals surface area contributed by atoms with Crippen LogP contribution in [0.2, 0.25) is 0 Å². The van der Waals surface area contributed by atoms with E-state index in [9.17, 15) is 4.79 Å². The van der Waals surface area contributed by atoms with E-state index in [1.165, 1.54) is 11.3 Å². The minimum absolute atomic E-state index is 0.108. The van der Waals surface area contributed by atoms with Crippen LogP contribution in [0.15, 0.2) is 12.3 Å². The van der Waals surface area contributed by atoms with E-state index in [2.05, 4.69) is 10.1 Å². The first-order chi connectivity index (χ1) is 10.0. The van der Waals surface area contributed by atoms with Gasteiger partial charge in [-0.05, 0) is 32.8 Å². The van der Waals surface area contributed by atoms with E-state index in [0.717, 1.165) is 41.5 Å². The second-order valence-electron chi connectivity index (χ2n) is 5.39. The first-order valence-corrected chi connectivity index (χ1v) is 7.90. The Bertz CT molecular complexity index is 654. The van der Waals surface area contributed by atoms with E-state index in [0.29, 0.717) is 11.9 Å². The standard InChI is InChI=1S/C14H19N5OS/c1-9-13(21-10(2)16-9)14(20)18-6-3-11(4-7-18)19-8-5-12(15)17-19/h5,8,11H,3-4,6-7H2,1-2H3,(H2,15,17). The molecule has 21 heavy (non-hydrogen) atoms. The van der Waals surface area contributed by atoms with Crippen molar-refractivity contribution in [3.63, 3.8) is 0 Å². The molecule has 0 unspecified atom stereocenters. The second-order valence-corrected chi connectivity index (χ2v) is 6.59. The van der Waals surface area contributed by atoms with Gasteiger partial charge >= 0.3 is 0 Å². The number of carbonyl (C=O) groups is 1. The highest BCUT2D eigenvalue weighted by atomic mass is 32.1. The summed E-state index contributed by atoms with van der Waals surface area (Å²) in [7, 11) is 0. The Balaban J connectivity index is 1.65.